The van der Waals surface area contributed by atoms with E-state index in [-0.39, 0.29) is 12.2 Å². The van der Waals surface area contributed by atoms with Crippen LogP contribution in [0.25, 0.3) is 0 Å². The van der Waals surface area contributed by atoms with Crippen molar-refractivity contribution in [1.29, 1.82) is 0.594 Å². The van der Waals surface area contributed by atoms with E-state index >= 15 is 0 Å². The molecule has 1 rings (SSSR count). The Kier molecular flexibility index (Phi) is 5.27. The van der Waals surface area contributed by atoms with Gasteiger partial charge in [0, 0.05) is 0 Å². The SMILES string of the molecule is [2H][I-]N(C(=O)OC(C)(C)C)[C@@H](Cc1ccc(O)cc1)C(=O)O. The summed E-state index contributed by atoms with van der Waals surface area (Å²) in [5.74, 6) is -1.11. The molecular weight excluding hydrogens is 389 g/mol. The molecule has 1 amide bonds. The van der Waals surface area contributed by atoms with Crippen LogP contribution >= 0.6 is 0 Å². The predicted molar refractivity (Wildman–Crippen MR) is 72.7 cm³/mol. The molecule has 1 aromatic carbocycles. The number of carboxylic acids is 1. The van der Waals surface area contributed by atoms with Crippen molar-refractivity contribution >= 4 is 12.1 Å². The van der Waals surface area contributed by atoms with Gasteiger partial charge in [0.15, 0.2) is 0 Å². The first-order chi connectivity index (χ1) is 10.1. The van der Waals surface area contributed by atoms with Crippen LogP contribution in [0.4, 0.5) is 4.79 Å². The molecule has 0 aliphatic carbocycles. The Morgan fingerprint density at radius 1 is 1.38 bits per heavy atom. The van der Waals surface area contributed by atoms with Gasteiger partial charge < -0.3 is 0 Å². The van der Waals surface area contributed by atoms with Crippen molar-refractivity contribution in [2.75, 3.05) is 0 Å². The first kappa shape index (κ1) is 15.9. The fraction of sp³-hybridized carbons (Fsp3) is 0.429. The summed E-state index contributed by atoms with van der Waals surface area (Å²) in [6.07, 6.45) is -0.741. The van der Waals surface area contributed by atoms with Crippen LogP contribution in [0.2, 0.25) is 0 Å². The molecular formula is C14H19INO5-. The molecule has 0 saturated heterocycles. The van der Waals surface area contributed by atoms with Crippen molar-refractivity contribution in [3.63, 3.8) is 0 Å². The zero-order valence-electron chi connectivity index (χ0n) is 13.0. The van der Waals surface area contributed by atoms with Crippen molar-refractivity contribution in [2.24, 2.45) is 0 Å². The number of carbonyl (C=O) groups excluding carboxylic acids is 1. The minimum atomic E-state index is -1.55. The average Bonchev–Trinajstić information content (AvgIpc) is 2.38. The summed E-state index contributed by atoms with van der Waals surface area (Å²) >= 11 is -1.55. The summed E-state index contributed by atoms with van der Waals surface area (Å²) in [5.41, 5.74) is -0.105. The third-order valence-electron chi connectivity index (χ3n) is 2.49. The molecule has 0 aromatic heterocycles. The van der Waals surface area contributed by atoms with Gasteiger partial charge in [-0.05, 0) is 0 Å². The Labute approximate surface area is 137 Å². The number of benzene rings is 1. The Balaban J connectivity index is 2.93. The molecule has 1 aromatic rings. The summed E-state index contributed by atoms with van der Waals surface area (Å²) in [5, 5.41) is 18.6. The molecule has 118 valence electrons. The van der Waals surface area contributed by atoms with E-state index in [4.69, 9.17) is 5.33 Å². The molecule has 1 atom stereocenters. The van der Waals surface area contributed by atoms with Gasteiger partial charge in [0.05, 0.1) is 0 Å². The molecule has 0 bridgehead atoms. The average molecular weight is 409 g/mol. The van der Waals surface area contributed by atoms with Crippen LogP contribution in [0.5, 0.6) is 5.75 Å². The van der Waals surface area contributed by atoms with Gasteiger partial charge in [0.2, 0.25) is 0 Å². The Hall–Kier alpha value is -1.51. The number of phenolic OH excluding ortho intramolecular Hbond substituents is 1. The minimum absolute atomic E-state index is 0.0491. The summed E-state index contributed by atoms with van der Waals surface area (Å²) in [4.78, 5) is 23.6. The van der Waals surface area contributed by atoms with Gasteiger partial charge in [-0.1, -0.05) is 0 Å². The van der Waals surface area contributed by atoms with Crippen LogP contribution in [0.15, 0.2) is 24.3 Å². The third-order valence-corrected chi connectivity index (χ3v) is 3.56. The summed E-state index contributed by atoms with van der Waals surface area (Å²) < 4.78 is 13.7. The second-order valence-corrected chi connectivity index (χ2v) is 6.56. The van der Waals surface area contributed by atoms with Crippen molar-refractivity contribution < 1.29 is 47.2 Å². The number of hydrogen-bond acceptors (Lipinski definition) is 4. The molecule has 2 N–H and O–H groups in total. The van der Waals surface area contributed by atoms with Gasteiger partial charge in [0.1, 0.15) is 0 Å². The number of carboxylic acid groups (broad SMARTS) is 1. The zero-order chi connectivity index (χ0) is 16.9. The van der Waals surface area contributed by atoms with E-state index in [0.29, 0.717) is 5.56 Å². The first-order valence-electron chi connectivity index (χ1n) is 6.66. The Morgan fingerprint density at radius 3 is 2.38 bits per heavy atom. The maximum absolute atomic E-state index is 12.1. The van der Waals surface area contributed by atoms with E-state index in [1.54, 1.807) is 32.9 Å². The molecule has 0 unspecified atom stereocenters. The molecule has 0 fully saturated rings. The molecule has 7 heteroatoms. The van der Waals surface area contributed by atoms with E-state index in [1.165, 1.54) is 12.1 Å². The number of hydrogen-bond donors (Lipinski definition) is 2. The monoisotopic (exact) mass is 409 g/mol. The Bertz CT molecular complexity index is 529. The number of ether oxygens (including phenoxy) is 1. The number of nitrogens with zero attached hydrogens (tertiary/aromatic N) is 1. The number of aromatic hydroxyl groups is 1. The quantitative estimate of drug-likeness (QED) is 0.473. The fourth-order valence-electron chi connectivity index (χ4n) is 1.55. The van der Waals surface area contributed by atoms with Gasteiger partial charge in [-0.15, -0.1) is 0 Å². The van der Waals surface area contributed by atoms with Crippen LogP contribution in [0, 0.1) is 0 Å². The summed E-state index contributed by atoms with van der Waals surface area (Å²) in [6.45, 7) is 5.04. The normalized spacial score (nSPS) is 13.4. The second kappa shape index (κ2) is 6.97. The van der Waals surface area contributed by atoms with Gasteiger partial charge in [-0.3, -0.25) is 0 Å². The summed E-state index contributed by atoms with van der Waals surface area (Å²) in [6, 6.07) is 4.90. The predicted octanol–water partition coefficient (Wildman–Crippen LogP) is -1.17. The summed E-state index contributed by atoms with van der Waals surface area (Å²) in [7, 11) is 0. The van der Waals surface area contributed by atoms with E-state index in [0.717, 1.165) is 3.11 Å². The van der Waals surface area contributed by atoms with Crippen LogP contribution in [-0.2, 0) is 16.0 Å². The number of phenols is 1. The second-order valence-electron chi connectivity index (χ2n) is 5.52. The van der Waals surface area contributed by atoms with Gasteiger partial charge >= 0.3 is 137 Å². The molecule has 0 spiro atoms. The first-order valence-corrected chi connectivity index (χ1v) is 7.25. The molecule has 6 nitrogen and oxygen atoms in total. The number of amides is 1. The number of carbonyl (C=O) groups is 2. The van der Waals surface area contributed by atoms with Crippen molar-refractivity contribution in [2.45, 2.75) is 38.8 Å². The number of aliphatic carboxylic acids is 1. The standard InChI is InChI=1S/C14H19INO5/c1-14(2,3)21-13(20)16(15)11(12(18)19)8-9-4-6-10(17)7-5-9/h4-7,11,15,17H,8H2,1-3H3,(H,18,19)/q-1/t11-/m0/s1/i15D. The van der Waals surface area contributed by atoms with Gasteiger partial charge in [-0.2, -0.15) is 0 Å². The molecule has 0 saturated carbocycles. The molecule has 0 aliphatic rings. The molecule has 0 heterocycles. The van der Waals surface area contributed by atoms with Crippen molar-refractivity contribution in [3.05, 3.63) is 29.8 Å². The number of halogens is 1. The van der Waals surface area contributed by atoms with Crippen molar-refractivity contribution in [1.82, 2.24) is 3.11 Å². The van der Waals surface area contributed by atoms with Crippen LogP contribution in [0.1, 0.15) is 26.3 Å². The van der Waals surface area contributed by atoms with Crippen LogP contribution in [0.3, 0.4) is 0 Å². The Morgan fingerprint density at radius 2 is 1.95 bits per heavy atom. The van der Waals surface area contributed by atoms with E-state index in [2.05, 4.69) is 0 Å². The van der Waals surface area contributed by atoms with Crippen LogP contribution < -0.4 is 22.7 Å². The number of rotatable bonds is 5. The maximum atomic E-state index is 12.1. The molecule has 0 radical (unpaired) electrons. The van der Waals surface area contributed by atoms with Gasteiger partial charge in [-0.25, -0.2) is 0 Å². The van der Waals surface area contributed by atoms with Gasteiger partial charge in [0.25, 0.3) is 0 Å². The van der Waals surface area contributed by atoms with Crippen LogP contribution in [-0.4, -0.2) is 37.6 Å². The zero-order valence-corrected chi connectivity index (χ0v) is 14.2. The fourth-order valence-corrected chi connectivity index (χ4v) is 2.09. The van der Waals surface area contributed by atoms with E-state index < -0.39 is 46.4 Å². The van der Waals surface area contributed by atoms with E-state index in [9.17, 15) is 19.8 Å². The van der Waals surface area contributed by atoms with Crippen molar-refractivity contribution in [3.8, 4) is 5.75 Å². The third kappa shape index (κ3) is 5.78. The molecule has 0 aliphatic heterocycles. The van der Waals surface area contributed by atoms with E-state index in [1.807, 2.05) is 0 Å². The molecule has 21 heavy (non-hydrogen) atoms. The topological polar surface area (TPSA) is 87.1 Å².